The van der Waals surface area contributed by atoms with Gasteiger partial charge < -0.3 is 10.0 Å². The minimum atomic E-state index is -0.924. The zero-order valence-corrected chi connectivity index (χ0v) is 15.4. The molecule has 1 saturated heterocycles. The minimum absolute atomic E-state index is 0.113. The van der Waals surface area contributed by atoms with E-state index in [1.807, 2.05) is 36.1 Å². The first-order chi connectivity index (χ1) is 12.6. The molecule has 26 heavy (non-hydrogen) atoms. The average molecular weight is 353 g/mol. The highest BCUT2D eigenvalue weighted by Crippen LogP contribution is 2.34. The number of nitrogens with one attached hydrogen (secondary N) is 1. The molecule has 138 valence electrons. The molecular weight excluding hydrogens is 326 g/mol. The van der Waals surface area contributed by atoms with Crippen LogP contribution in [0.3, 0.4) is 0 Å². The molecule has 0 bridgehead atoms. The summed E-state index contributed by atoms with van der Waals surface area (Å²) in [5.41, 5.74) is 4.74. The van der Waals surface area contributed by atoms with Gasteiger partial charge in [-0.25, -0.2) is 0 Å². The fraction of sp³-hybridized carbons (Fsp3) is 0.524. The zero-order valence-electron chi connectivity index (χ0n) is 15.4. The van der Waals surface area contributed by atoms with Gasteiger partial charge >= 0.3 is 0 Å². The van der Waals surface area contributed by atoms with Crippen molar-refractivity contribution < 1.29 is 9.90 Å². The van der Waals surface area contributed by atoms with Gasteiger partial charge in [-0.15, -0.1) is 0 Å². The lowest BCUT2D eigenvalue weighted by atomic mass is 9.89. The smallest absolute Gasteiger partial charge is 0.223 e. The van der Waals surface area contributed by atoms with E-state index < -0.39 is 5.60 Å². The first-order valence-corrected chi connectivity index (χ1v) is 9.68. The molecule has 0 saturated carbocycles. The Bertz CT molecular complexity index is 813. The molecule has 4 rings (SSSR count). The van der Waals surface area contributed by atoms with Crippen LogP contribution in [-0.2, 0) is 29.7 Å². The fourth-order valence-electron chi connectivity index (χ4n) is 4.46. The summed E-state index contributed by atoms with van der Waals surface area (Å²) in [7, 11) is 0. The van der Waals surface area contributed by atoms with E-state index in [1.165, 1.54) is 24.1 Å². The van der Waals surface area contributed by atoms with Crippen molar-refractivity contribution in [2.75, 3.05) is 13.1 Å². The van der Waals surface area contributed by atoms with Crippen molar-refractivity contribution in [3.8, 4) is 0 Å². The lowest BCUT2D eigenvalue weighted by molar-refractivity contribution is -0.131. The molecule has 2 aromatic rings. The number of aliphatic hydroxyl groups is 1. The predicted octanol–water partition coefficient (Wildman–Crippen LogP) is 2.65. The number of carbonyl (C=O) groups excluding carboxylic acids is 1. The van der Waals surface area contributed by atoms with Crippen LogP contribution >= 0.6 is 0 Å². The molecule has 0 radical (unpaired) electrons. The summed E-state index contributed by atoms with van der Waals surface area (Å²) >= 11 is 0. The van der Waals surface area contributed by atoms with Crippen molar-refractivity contribution in [2.24, 2.45) is 0 Å². The normalized spacial score (nSPS) is 22.5. The number of nitrogens with zero attached hydrogens (tertiary/aromatic N) is 2. The van der Waals surface area contributed by atoms with Crippen molar-refractivity contribution in [1.29, 1.82) is 0 Å². The molecule has 1 aromatic carbocycles. The zero-order chi connectivity index (χ0) is 18.1. The van der Waals surface area contributed by atoms with Crippen molar-refractivity contribution in [3.05, 3.63) is 52.3 Å². The monoisotopic (exact) mass is 353 g/mol. The van der Waals surface area contributed by atoms with Crippen LogP contribution in [0.5, 0.6) is 0 Å². The predicted molar refractivity (Wildman–Crippen MR) is 99.8 cm³/mol. The number of hydrogen-bond acceptors (Lipinski definition) is 3. The summed E-state index contributed by atoms with van der Waals surface area (Å²) in [6.45, 7) is 3.01. The number of amides is 1. The van der Waals surface area contributed by atoms with Crippen LogP contribution in [0.25, 0.3) is 0 Å². The van der Waals surface area contributed by atoms with Gasteiger partial charge in [0.2, 0.25) is 5.91 Å². The number of aryl methyl sites for hydroxylation is 3. The van der Waals surface area contributed by atoms with Crippen molar-refractivity contribution >= 4 is 5.91 Å². The molecule has 1 aliphatic heterocycles. The van der Waals surface area contributed by atoms with E-state index >= 15 is 0 Å². The summed E-state index contributed by atoms with van der Waals surface area (Å²) < 4.78 is 0. The van der Waals surface area contributed by atoms with E-state index in [2.05, 4.69) is 10.2 Å². The maximum Gasteiger partial charge on any atom is 0.223 e. The molecule has 5 heteroatoms. The number of H-pyrrole nitrogens is 1. The van der Waals surface area contributed by atoms with Crippen molar-refractivity contribution in [1.82, 2.24) is 15.1 Å². The van der Waals surface area contributed by atoms with Gasteiger partial charge in [-0.3, -0.25) is 9.89 Å². The number of rotatable bonds is 4. The Morgan fingerprint density at radius 2 is 2.12 bits per heavy atom. The van der Waals surface area contributed by atoms with Crippen LogP contribution in [0, 0.1) is 6.92 Å². The van der Waals surface area contributed by atoms with Gasteiger partial charge in [-0.05, 0) is 55.7 Å². The van der Waals surface area contributed by atoms with Crippen molar-refractivity contribution in [3.63, 3.8) is 0 Å². The molecular formula is C21H27N3O2. The molecule has 5 nitrogen and oxygen atoms in total. The number of likely N-dealkylation sites (tertiary alicyclic amines) is 1. The third-order valence-electron chi connectivity index (χ3n) is 5.96. The van der Waals surface area contributed by atoms with Crippen LogP contribution in [-0.4, -0.2) is 39.2 Å². The molecule has 1 aliphatic carbocycles. The van der Waals surface area contributed by atoms with E-state index in [0.29, 0.717) is 32.4 Å². The standard InChI is InChI=1S/C21H27N3O2/c1-15-6-2-4-8-17(15)21(26)12-13-24(14-21)20(25)11-10-19-16-7-3-5-9-18(16)22-23-19/h2,4,6,8,26H,3,5,7,9-14H2,1H3,(H,22,23)/t21-/m1/s1. The molecule has 1 fully saturated rings. The third-order valence-corrected chi connectivity index (χ3v) is 5.96. The summed E-state index contributed by atoms with van der Waals surface area (Å²) in [6, 6.07) is 7.91. The van der Waals surface area contributed by atoms with Gasteiger partial charge in [-0.1, -0.05) is 24.3 Å². The maximum absolute atomic E-state index is 12.7. The van der Waals surface area contributed by atoms with Gasteiger partial charge in [0.05, 0.1) is 12.2 Å². The molecule has 1 aromatic heterocycles. The molecule has 0 spiro atoms. The minimum Gasteiger partial charge on any atom is -0.383 e. The number of fused-ring (bicyclic) bond motifs is 1. The number of benzene rings is 1. The van der Waals surface area contributed by atoms with Crippen LogP contribution in [0.4, 0.5) is 0 Å². The Morgan fingerprint density at radius 1 is 1.31 bits per heavy atom. The van der Waals surface area contributed by atoms with E-state index in [0.717, 1.165) is 29.7 Å². The van der Waals surface area contributed by atoms with E-state index in [4.69, 9.17) is 0 Å². The Morgan fingerprint density at radius 3 is 2.96 bits per heavy atom. The fourth-order valence-corrected chi connectivity index (χ4v) is 4.46. The second-order valence-electron chi connectivity index (χ2n) is 7.75. The number of aromatic amines is 1. The molecule has 1 atom stereocenters. The second-order valence-corrected chi connectivity index (χ2v) is 7.75. The topological polar surface area (TPSA) is 69.2 Å². The van der Waals surface area contributed by atoms with Gasteiger partial charge in [0.15, 0.2) is 0 Å². The first kappa shape index (κ1) is 17.3. The third kappa shape index (κ3) is 3.16. The van der Waals surface area contributed by atoms with Gasteiger partial charge in [0.1, 0.15) is 5.60 Å². The largest absolute Gasteiger partial charge is 0.383 e. The van der Waals surface area contributed by atoms with Crippen LogP contribution in [0.1, 0.15) is 53.8 Å². The molecule has 2 aliphatic rings. The van der Waals surface area contributed by atoms with Gasteiger partial charge in [0, 0.05) is 25.1 Å². The number of aromatic nitrogens is 2. The lowest BCUT2D eigenvalue weighted by Crippen LogP contribution is -2.35. The number of carbonyl (C=O) groups is 1. The van der Waals surface area contributed by atoms with E-state index in [9.17, 15) is 9.90 Å². The quantitative estimate of drug-likeness (QED) is 0.888. The highest BCUT2D eigenvalue weighted by atomic mass is 16.3. The molecule has 0 unspecified atom stereocenters. The van der Waals surface area contributed by atoms with Gasteiger partial charge in [-0.2, -0.15) is 5.10 Å². The maximum atomic E-state index is 12.7. The Kier molecular flexibility index (Phi) is 4.57. The van der Waals surface area contributed by atoms with Crippen LogP contribution in [0.15, 0.2) is 24.3 Å². The Labute approximate surface area is 154 Å². The second kappa shape index (κ2) is 6.88. The Balaban J connectivity index is 1.39. The first-order valence-electron chi connectivity index (χ1n) is 9.68. The van der Waals surface area contributed by atoms with Crippen LogP contribution < -0.4 is 0 Å². The number of hydrogen-bond donors (Lipinski definition) is 2. The summed E-state index contributed by atoms with van der Waals surface area (Å²) in [5.74, 6) is 0.113. The van der Waals surface area contributed by atoms with Crippen molar-refractivity contribution in [2.45, 2.75) is 57.5 Å². The van der Waals surface area contributed by atoms with Crippen LogP contribution in [0.2, 0.25) is 0 Å². The molecule has 2 N–H and O–H groups in total. The van der Waals surface area contributed by atoms with E-state index in [1.54, 1.807) is 0 Å². The average Bonchev–Trinajstić information content (AvgIpc) is 3.25. The summed E-state index contributed by atoms with van der Waals surface area (Å²) in [6.07, 6.45) is 6.33. The molecule has 1 amide bonds. The lowest BCUT2D eigenvalue weighted by Gasteiger charge is -2.25. The summed E-state index contributed by atoms with van der Waals surface area (Å²) in [4.78, 5) is 14.5. The van der Waals surface area contributed by atoms with E-state index in [-0.39, 0.29) is 5.91 Å². The molecule has 2 heterocycles. The highest BCUT2D eigenvalue weighted by molar-refractivity contribution is 5.77. The SMILES string of the molecule is Cc1ccccc1[C@@]1(O)CCN(C(=O)CCc2n[nH]c3c2CCCC3)C1. The van der Waals surface area contributed by atoms with Gasteiger partial charge in [0.25, 0.3) is 0 Å². The number of β-amino-alcohol motifs (C(OH)–C–C–N with tert-alkyl or cyclic N) is 1. The Hall–Kier alpha value is -2.14. The summed E-state index contributed by atoms with van der Waals surface area (Å²) in [5, 5.41) is 18.6. The highest BCUT2D eigenvalue weighted by Gasteiger charge is 2.40.